The van der Waals surface area contributed by atoms with E-state index in [2.05, 4.69) is 11.9 Å². The van der Waals surface area contributed by atoms with Crippen LogP contribution in [0.4, 0.5) is 11.4 Å². The standard InChI is InChI=1S/C22H19N3O5/c1-3-10-24-17-11-14(8-9-18(17)30-13(2)20(24)27)23-19(26)12-25-21(28)15-6-4-5-7-16(15)22(25)29/h3-9,11,13H,1,10,12H2,2H3,(H,23,26). The Kier molecular flexibility index (Phi) is 4.83. The maximum absolute atomic E-state index is 12.5. The quantitative estimate of drug-likeness (QED) is 0.608. The number of hydrogen-bond acceptors (Lipinski definition) is 5. The Morgan fingerprint density at radius 2 is 1.77 bits per heavy atom. The highest BCUT2D eigenvalue weighted by Crippen LogP contribution is 2.36. The molecule has 0 aliphatic carbocycles. The summed E-state index contributed by atoms with van der Waals surface area (Å²) >= 11 is 0. The maximum atomic E-state index is 12.5. The fraction of sp³-hybridized carbons (Fsp3) is 0.182. The van der Waals surface area contributed by atoms with E-state index in [1.165, 1.54) is 4.90 Å². The van der Waals surface area contributed by atoms with Crippen molar-refractivity contribution in [1.82, 2.24) is 4.90 Å². The number of anilines is 2. The van der Waals surface area contributed by atoms with Gasteiger partial charge in [0.15, 0.2) is 6.10 Å². The Labute approximate surface area is 172 Å². The van der Waals surface area contributed by atoms with Crippen molar-refractivity contribution in [2.45, 2.75) is 13.0 Å². The highest BCUT2D eigenvalue weighted by atomic mass is 16.5. The molecule has 2 aromatic carbocycles. The van der Waals surface area contributed by atoms with Crippen molar-refractivity contribution in [2.24, 2.45) is 0 Å². The largest absolute Gasteiger partial charge is 0.479 e. The SMILES string of the molecule is C=CCN1C(=O)C(C)Oc2ccc(NC(=O)CN3C(=O)c4ccccc4C3=O)cc21. The molecule has 4 amide bonds. The van der Waals surface area contributed by atoms with Gasteiger partial charge in [0.25, 0.3) is 17.7 Å². The van der Waals surface area contributed by atoms with Crippen molar-refractivity contribution in [3.05, 3.63) is 66.2 Å². The Hall–Kier alpha value is -3.94. The van der Waals surface area contributed by atoms with Crippen LogP contribution in [-0.2, 0) is 9.59 Å². The molecule has 4 rings (SSSR count). The van der Waals surface area contributed by atoms with Gasteiger partial charge in [0.1, 0.15) is 12.3 Å². The second-order valence-electron chi connectivity index (χ2n) is 6.97. The van der Waals surface area contributed by atoms with Crippen molar-refractivity contribution in [3.63, 3.8) is 0 Å². The van der Waals surface area contributed by atoms with Gasteiger partial charge in [0.05, 0.1) is 16.8 Å². The number of imide groups is 1. The number of carbonyl (C=O) groups is 4. The smallest absolute Gasteiger partial charge is 0.268 e. The summed E-state index contributed by atoms with van der Waals surface area (Å²) < 4.78 is 5.62. The lowest BCUT2D eigenvalue weighted by Gasteiger charge is -2.32. The first-order chi connectivity index (χ1) is 14.4. The zero-order valence-corrected chi connectivity index (χ0v) is 16.3. The number of nitrogens with zero attached hydrogens (tertiary/aromatic N) is 2. The minimum atomic E-state index is -0.619. The molecule has 0 saturated heterocycles. The van der Waals surface area contributed by atoms with Gasteiger partial charge in [-0.1, -0.05) is 18.2 Å². The molecule has 1 unspecified atom stereocenters. The number of benzene rings is 2. The van der Waals surface area contributed by atoms with E-state index in [1.807, 2.05) is 0 Å². The minimum Gasteiger partial charge on any atom is -0.479 e. The van der Waals surface area contributed by atoms with Gasteiger partial charge in [-0.25, -0.2) is 0 Å². The predicted molar refractivity (Wildman–Crippen MR) is 110 cm³/mol. The van der Waals surface area contributed by atoms with E-state index in [-0.39, 0.29) is 17.0 Å². The molecule has 2 aliphatic heterocycles. The summed E-state index contributed by atoms with van der Waals surface area (Å²) in [5.74, 6) is -1.22. The molecule has 0 aromatic heterocycles. The number of ether oxygens (including phenoxy) is 1. The predicted octanol–water partition coefficient (Wildman–Crippen LogP) is 2.22. The number of nitrogens with one attached hydrogen (secondary N) is 1. The van der Waals surface area contributed by atoms with Crippen molar-refractivity contribution < 1.29 is 23.9 Å². The van der Waals surface area contributed by atoms with Crippen LogP contribution in [0, 0.1) is 0 Å². The monoisotopic (exact) mass is 405 g/mol. The minimum absolute atomic E-state index is 0.211. The van der Waals surface area contributed by atoms with Gasteiger partial charge in [-0.15, -0.1) is 6.58 Å². The first kappa shape index (κ1) is 19.4. The number of hydrogen-bond donors (Lipinski definition) is 1. The van der Waals surface area contributed by atoms with Crippen LogP contribution < -0.4 is 15.0 Å². The molecule has 2 aromatic rings. The van der Waals surface area contributed by atoms with Crippen LogP contribution in [0.15, 0.2) is 55.1 Å². The Bertz CT molecular complexity index is 1060. The van der Waals surface area contributed by atoms with Crippen LogP contribution in [0.25, 0.3) is 0 Å². The fourth-order valence-corrected chi connectivity index (χ4v) is 3.53. The van der Waals surface area contributed by atoms with Gasteiger partial charge in [0.2, 0.25) is 5.91 Å². The van der Waals surface area contributed by atoms with Gasteiger partial charge in [0, 0.05) is 12.2 Å². The zero-order valence-electron chi connectivity index (χ0n) is 16.3. The molecule has 30 heavy (non-hydrogen) atoms. The van der Waals surface area contributed by atoms with Gasteiger partial charge in [-0.05, 0) is 37.3 Å². The van der Waals surface area contributed by atoms with Gasteiger partial charge in [-0.3, -0.25) is 24.1 Å². The molecule has 2 aliphatic rings. The molecule has 1 N–H and O–H groups in total. The molecule has 0 bridgehead atoms. The van der Waals surface area contributed by atoms with Crippen LogP contribution in [0.1, 0.15) is 27.6 Å². The normalized spacial score (nSPS) is 17.4. The van der Waals surface area contributed by atoms with Crippen molar-refractivity contribution in [3.8, 4) is 5.75 Å². The first-order valence-corrected chi connectivity index (χ1v) is 9.38. The molecule has 8 nitrogen and oxygen atoms in total. The average Bonchev–Trinajstić information content (AvgIpc) is 2.97. The van der Waals surface area contributed by atoms with E-state index in [0.717, 1.165) is 4.90 Å². The summed E-state index contributed by atoms with van der Waals surface area (Å²) in [7, 11) is 0. The molecule has 0 fully saturated rings. The Balaban J connectivity index is 1.51. The number of fused-ring (bicyclic) bond motifs is 2. The van der Waals surface area contributed by atoms with Gasteiger partial charge < -0.3 is 15.0 Å². The summed E-state index contributed by atoms with van der Waals surface area (Å²) in [5, 5.41) is 2.67. The third-order valence-electron chi connectivity index (χ3n) is 4.94. The van der Waals surface area contributed by atoms with Crippen LogP contribution in [-0.4, -0.2) is 47.7 Å². The van der Waals surface area contributed by atoms with E-state index in [9.17, 15) is 19.2 Å². The number of rotatable bonds is 5. The summed E-state index contributed by atoms with van der Waals surface area (Å²) in [4.78, 5) is 52.2. The van der Waals surface area contributed by atoms with Gasteiger partial charge >= 0.3 is 0 Å². The molecular weight excluding hydrogens is 386 g/mol. The highest BCUT2D eigenvalue weighted by molar-refractivity contribution is 6.22. The van der Waals surface area contributed by atoms with E-state index >= 15 is 0 Å². The average molecular weight is 405 g/mol. The Morgan fingerprint density at radius 3 is 2.40 bits per heavy atom. The first-order valence-electron chi connectivity index (χ1n) is 9.38. The van der Waals surface area contributed by atoms with Crippen molar-refractivity contribution in [2.75, 3.05) is 23.3 Å². The molecule has 152 valence electrons. The lowest BCUT2D eigenvalue weighted by atomic mass is 10.1. The highest BCUT2D eigenvalue weighted by Gasteiger charge is 2.36. The van der Waals surface area contributed by atoms with E-state index in [1.54, 1.807) is 55.5 Å². The number of carbonyl (C=O) groups excluding carboxylic acids is 4. The van der Waals surface area contributed by atoms with Crippen LogP contribution in [0.3, 0.4) is 0 Å². The summed E-state index contributed by atoms with van der Waals surface area (Å²) in [5.41, 5.74) is 1.50. The van der Waals surface area contributed by atoms with Gasteiger partial charge in [-0.2, -0.15) is 0 Å². The fourth-order valence-electron chi connectivity index (χ4n) is 3.53. The number of amides is 4. The topological polar surface area (TPSA) is 96.0 Å². The summed E-state index contributed by atoms with van der Waals surface area (Å²) in [6, 6.07) is 11.4. The lowest BCUT2D eigenvalue weighted by molar-refractivity contribution is -0.125. The summed E-state index contributed by atoms with van der Waals surface area (Å²) in [6.07, 6.45) is 0.986. The second-order valence-corrected chi connectivity index (χ2v) is 6.97. The lowest BCUT2D eigenvalue weighted by Crippen LogP contribution is -2.44. The molecule has 0 saturated carbocycles. The van der Waals surface area contributed by atoms with Crippen molar-refractivity contribution >= 4 is 35.0 Å². The zero-order chi connectivity index (χ0) is 21.4. The molecule has 1 atom stereocenters. The molecule has 0 radical (unpaired) electrons. The molecular formula is C22H19N3O5. The molecule has 0 spiro atoms. The maximum Gasteiger partial charge on any atom is 0.268 e. The summed E-state index contributed by atoms with van der Waals surface area (Å²) in [6.45, 7) is 5.23. The van der Waals surface area contributed by atoms with Crippen LogP contribution >= 0.6 is 0 Å². The molecule has 2 heterocycles. The van der Waals surface area contributed by atoms with Crippen LogP contribution in [0.2, 0.25) is 0 Å². The third kappa shape index (κ3) is 3.22. The van der Waals surface area contributed by atoms with Crippen LogP contribution in [0.5, 0.6) is 5.75 Å². The van der Waals surface area contributed by atoms with E-state index in [0.29, 0.717) is 23.7 Å². The Morgan fingerprint density at radius 1 is 1.10 bits per heavy atom. The van der Waals surface area contributed by atoms with E-state index in [4.69, 9.17) is 4.74 Å². The van der Waals surface area contributed by atoms with Crippen molar-refractivity contribution in [1.29, 1.82) is 0 Å². The second kappa shape index (κ2) is 7.47. The molecule has 8 heteroatoms. The third-order valence-corrected chi connectivity index (χ3v) is 4.94. The van der Waals surface area contributed by atoms with E-state index < -0.39 is 30.4 Å².